The molecule has 2 aromatic heterocycles. The number of hydrogen-bond acceptors (Lipinski definition) is 2. The summed E-state index contributed by atoms with van der Waals surface area (Å²) in [5.41, 5.74) is 1.95. The van der Waals surface area contributed by atoms with E-state index in [0.717, 1.165) is 18.8 Å². The Balaban J connectivity index is 1.78. The lowest BCUT2D eigenvalue weighted by atomic mass is 10.0. The third-order valence-corrected chi connectivity index (χ3v) is 4.59. The minimum atomic E-state index is 0.0282. The molecule has 0 aromatic carbocycles. The molecule has 3 heterocycles. The van der Waals surface area contributed by atoms with Gasteiger partial charge in [0.05, 0.1) is 0 Å². The summed E-state index contributed by atoms with van der Waals surface area (Å²) in [5, 5.41) is 0. The molecule has 4 nitrogen and oxygen atoms in total. The molecule has 21 heavy (non-hydrogen) atoms. The maximum absolute atomic E-state index is 12.4. The van der Waals surface area contributed by atoms with Crippen molar-refractivity contribution < 1.29 is 4.79 Å². The highest BCUT2D eigenvalue weighted by molar-refractivity contribution is 5.94. The van der Waals surface area contributed by atoms with Crippen LogP contribution < -0.4 is 0 Å². The number of carbonyl (C=O) groups is 1. The van der Waals surface area contributed by atoms with Crippen molar-refractivity contribution in [3.63, 3.8) is 0 Å². The zero-order chi connectivity index (χ0) is 14.8. The van der Waals surface area contributed by atoms with Crippen LogP contribution in [0.4, 0.5) is 0 Å². The highest BCUT2D eigenvalue weighted by Crippen LogP contribution is 2.20. The van der Waals surface area contributed by atoms with Gasteiger partial charge in [-0.2, -0.15) is 0 Å². The van der Waals surface area contributed by atoms with E-state index in [9.17, 15) is 4.79 Å². The lowest BCUT2D eigenvalue weighted by molar-refractivity contribution is 0.0951. The van der Waals surface area contributed by atoms with Crippen LogP contribution in [0.15, 0.2) is 36.7 Å². The number of hydrogen-bond donors (Lipinski definition) is 0. The van der Waals surface area contributed by atoms with Crippen LogP contribution in [-0.2, 0) is 13.6 Å². The number of piperidine rings is 1. The Morgan fingerprint density at radius 1 is 1.24 bits per heavy atom. The van der Waals surface area contributed by atoms with Gasteiger partial charge < -0.3 is 4.57 Å². The maximum Gasteiger partial charge on any atom is 0.278 e. The van der Waals surface area contributed by atoms with Gasteiger partial charge in [0.15, 0.2) is 0 Å². The Labute approximate surface area is 126 Å². The largest absolute Gasteiger partial charge is 0.342 e. The van der Waals surface area contributed by atoms with Gasteiger partial charge in [-0.25, -0.2) is 0 Å². The molecule has 0 bridgehead atoms. The molecule has 0 spiro atoms. The SMILES string of the molecule is CC1CCCCN1Cc1ccc(C(=O)n2cccc2)n1C. The van der Waals surface area contributed by atoms with Gasteiger partial charge in [-0.3, -0.25) is 14.3 Å². The molecule has 0 amide bonds. The van der Waals surface area contributed by atoms with Crippen molar-refractivity contribution in [3.05, 3.63) is 48.0 Å². The van der Waals surface area contributed by atoms with Crippen molar-refractivity contribution in [2.45, 2.75) is 38.8 Å². The normalized spacial score (nSPS) is 19.8. The van der Waals surface area contributed by atoms with Crippen LogP contribution in [0.2, 0.25) is 0 Å². The lowest BCUT2D eigenvalue weighted by Crippen LogP contribution is -2.37. The summed E-state index contributed by atoms with van der Waals surface area (Å²) >= 11 is 0. The Morgan fingerprint density at radius 3 is 2.71 bits per heavy atom. The topological polar surface area (TPSA) is 30.2 Å². The Morgan fingerprint density at radius 2 is 2.00 bits per heavy atom. The number of rotatable bonds is 3. The van der Waals surface area contributed by atoms with Crippen LogP contribution in [0, 0.1) is 0 Å². The molecule has 1 saturated heterocycles. The van der Waals surface area contributed by atoms with E-state index in [1.807, 2.05) is 29.8 Å². The maximum atomic E-state index is 12.4. The van der Waals surface area contributed by atoms with E-state index in [0.29, 0.717) is 6.04 Å². The molecule has 0 radical (unpaired) electrons. The van der Waals surface area contributed by atoms with E-state index in [1.54, 1.807) is 17.0 Å². The fourth-order valence-electron chi connectivity index (χ4n) is 3.13. The molecule has 4 heteroatoms. The van der Waals surface area contributed by atoms with Crippen LogP contribution in [-0.4, -0.2) is 32.5 Å². The van der Waals surface area contributed by atoms with E-state index in [-0.39, 0.29) is 5.91 Å². The van der Waals surface area contributed by atoms with Crippen molar-refractivity contribution in [1.82, 2.24) is 14.0 Å². The van der Waals surface area contributed by atoms with Crippen molar-refractivity contribution in [3.8, 4) is 0 Å². The zero-order valence-corrected chi connectivity index (χ0v) is 12.8. The molecule has 1 fully saturated rings. The minimum Gasteiger partial charge on any atom is -0.342 e. The summed E-state index contributed by atoms with van der Waals surface area (Å²) in [5.74, 6) is 0.0282. The first-order valence-electron chi connectivity index (χ1n) is 7.73. The van der Waals surface area contributed by atoms with Gasteiger partial charge in [0.1, 0.15) is 5.69 Å². The van der Waals surface area contributed by atoms with E-state index < -0.39 is 0 Å². The molecule has 0 aliphatic carbocycles. The van der Waals surface area contributed by atoms with Crippen LogP contribution in [0.3, 0.4) is 0 Å². The van der Waals surface area contributed by atoms with Crippen molar-refractivity contribution >= 4 is 5.91 Å². The summed E-state index contributed by atoms with van der Waals surface area (Å²) in [6.45, 7) is 4.39. The molecule has 1 aliphatic rings. The van der Waals surface area contributed by atoms with Crippen molar-refractivity contribution in [2.75, 3.05) is 6.54 Å². The molecule has 1 atom stereocenters. The lowest BCUT2D eigenvalue weighted by Gasteiger charge is -2.33. The molecule has 0 saturated carbocycles. The molecular weight excluding hydrogens is 262 g/mol. The smallest absolute Gasteiger partial charge is 0.278 e. The average Bonchev–Trinajstić information content (AvgIpc) is 3.12. The molecule has 3 rings (SSSR count). The highest BCUT2D eigenvalue weighted by Gasteiger charge is 2.20. The average molecular weight is 285 g/mol. The number of aromatic nitrogens is 2. The molecule has 112 valence electrons. The monoisotopic (exact) mass is 285 g/mol. The van der Waals surface area contributed by atoms with Crippen molar-refractivity contribution in [2.24, 2.45) is 7.05 Å². The summed E-state index contributed by atoms with van der Waals surface area (Å²) in [4.78, 5) is 14.9. The molecule has 0 N–H and O–H groups in total. The third kappa shape index (κ3) is 2.81. The molecular formula is C17H23N3O. The van der Waals surface area contributed by atoms with Gasteiger partial charge >= 0.3 is 0 Å². The second-order valence-electron chi connectivity index (χ2n) is 5.98. The van der Waals surface area contributed by atoms with Crippen LogP contribution in [0.25, 0.3) is 0 Å². The predicted octanol–water partition coefficient (Wildman–Crippen LogP) is 2.89. The van der Waals surface area contributed by atoms with Crippen molar-refractivity contribution in [1.29, 1.82) is 0 Å². The van der Waals surface area contributed by atoms with Gasteiger partial charge in [-0.05, 0) is 50.6 Å². The van der Waals surface area contributed by atoms with Gasteiger partial charge in [0, 0.05) is 37.7 Å². The molecule has 2 aromatic rings. The van der Waals surface area contributed by atoms with Crippen LogP contribution in [0.1, 0.15) is 42.4 Å². The number of carbonyl (C=O) groups excluding carboxylic acids is 1. The second kappa shape index (κ2) is 5.90. The minimum absolute atomic E-state index is 0.0282. The van der Waals surface area contributed by atoms with E-state index >= 15 is 0 Å². The summed E-state index contributed by atoms with van der Waals surface area (Å²) in [6, 6.07) is 8.40. The van der Waals surface area contributed by atoms with E-state index in [1.165, 1.54) is 25.0 Å². The fraction of sp³-hybridized carbons (Fsp3) is 0.471. The van der Waals surface area contributed by atoms with Crippen LogP contribution in [0.5, 0.6) is 0 Å². The summed E-state index contributed by atoms with van der Waals surface area (Å²) in [7, 11) is 1.99. The molecule has 1 aliphatic heterocycles. The van der Waals surface area contributed by atoms with E-state index in [2.05, 4.69) is 17.9 Å². The van der Waals surface area contributed by atoms with Gasteiger partial charge in [-0.1, -0.05) is 6.42 Å². The third-order valence-electron chi connectivity index (χ3n) is 4.59. The predicted molar refractivity (Wildman–Crippen MR) is 83.3 cm³/mol. The zero-order valence-electron chi connectivity index (χ0n) is 12.8. The Hall–Kier alpha value is -1.81. The first kappa shape index (κ1) is 14.1. The first-order valence-corrected chi connectivity index (χ1v) is 7.73. The number of likely N-dealkylation sites (tertiary alicyclic amines) is 1. The highest BCUT2D eigenvalue weighted by atomic mass is 16.2. The van der Waals surface area contributed by atoms with Crippen LogP contribution >= 0.6 is 0 Å². The summed E-state index contributed by atoms with van der Waals surface area (Å²) in [6.07, 6.45) is 7.48. The fourth-order valence-corrected chi connectivity index (χ4v) is 3.13. The van der Waals surface area contributed by atoms with E-state index in [4.69, 9.17) is 0 Å². The molecule has 1 unspecified atom stereocenters. The standard InChI is InChI=1S/C17H23N3O/c1-14-7-3-4-12-20(14)13-15-8-9-16(18(15)2)17(21)19-10-5-6-11-19/h5-6,8-11,14H,3-4,7,12-13H2,1-2H3. The quantitative estimate of drug-likeness (QED) is 0.868. The Bertz CT molecular complexity index is 612. The number of nitrogens with zero attached hydrogens (tertiary/aromatic N) is 3. The van der Waals surface area contributed by atoms with Gasteiger partial charge in [0.2, 0.25) is 0 Å². The Kier molecular flexibility index (Phi) is 3.97. The first-order chi connectivity index (χ1) is 10.2. The summed E-state index contributed by atoms with van der Waals surface area (Å²) < 4.78 is 3.66. The van der Waals surface area contributed by atoms with Gasteiger partial charge in [-0.15, -0.1) is 0 Å². The van der Waals surface area contributed by atoms with Gasteiger partial charge in [0.25, 0.3) is 5.91 Å². The second-order valence-corrected chi connectivity index (χ2v) is 5.98.